The lowest BCUT2D eigenvalue weighted by Crippen LogP contribution is -2.66. The average Bonchev–Trinajstić information content (AvgIpc) is 1.40. The van der Waals surface area contributed by atoms with Crippen LogP contribution in [-0.2, 0) is 33.2 Å². The van der Waals surface area contributed by atoms with E-state index >= 15 is 0 Å². The van der Waals surface area contributed by atoms with Crippen LogP contribution in [0.4, 0.5) is 0 Å². The van der Waals surface area contributed by atoms with E-state index in [-0.39, 0.29) is 18.9 Å². The van der Waals surface area contributed by atoms with Crippen LogP contribution in [0.15, 0.2) is 85.1 Å². The highest BCUT2D eigenvalue weighted by Crippen LogP contribution is 2.33. The van der Waals surface area contributed by atoms with Gasteiger partial charge in [-0.1, -0.05) is 240 Å². The number of nitrogens with one attached hydrogen (secondary N) is 1. The Labute approximate surface area is 546 Å². The lowest BCUT2D eigenvalue weighted by molar-refractivity contribution is -0.379. The van der Waals surface area contributed by atoms with Gasteiger partial charge in [-0.3, -0.25) is 4.79 Å². The Morgan fingerprint density at radius 1 is 0.407 bits per heavy atom. The average molecular weight is 1290 g/mol. The zero-order chi connectivity index (χ0) is 66.1. The standard InChI is InChI=1S/C72H125NO18/c1-3-5-7-9-11-12-13-14-15-16-17-18-19-20-21-22-23-24-25-26-27-28-29-30-31-32-33-34-35-36-37-38-39-40-41-42-44-46-48-50-60(78)73-55(56(77)49-47-45-43-10-8-6-4-2)54-86-70-66(84)63(81)68(58(52-75)88-70)91-72-67(85)64(82)69(59(53-76)89-72)90-71-65(83)62(80)61(79)57(51-74)87-71/h5,7,11-12,14-15,17-18,20-21,23-24,26-27,55-59,61-72,74-77,79-85H,3-4,6,8-10,13,16,19,22,25,28-54H2,1-2H3,(H,73,78)/b7-5-,12-11-,15-14-,18-17-,21-20-,24-23-,27-26-. The number of unbranched alkanes of at least 4 members (excludes halogenated alkanes) is 23. The summed E-state index contributed by atoms with van der Waals surface area (Å²) in [5, 5.41) is 120. The molecule has 0 aromatic carbocycles. The molecular weight excluding hydrogens is 1170 g/mol. The van der Waals surface area contributed by atoms with E-state index in [1.807, 2.05) is 0 Å². The van der Waals surface area contributed by atoms with Crippen LogP contribution in [0.3, 0.4) is 0 Å². The van der Waals surface area contributed by atoms with Crippen LogP contribution in [0.1, 0.15) is 232 Å². The topological polar surface area (TPSA) is 307 Å². The van der Waals surface area contributed by atoms with Crippen LogP contribution in [0.2, 0.25) is 0 Å². The van der Waals surface area contributed by atoms with Gasteiger partial charge in [-0.25, -0.2) is 0 Å². The molecule has 0 bridgehead atoms. The highest BCUT2D eigenvalue weighted by atomic mass is 16.8. The number of aliphatic hydroxyl groups is 11. The Morgan fingerprint density at radius 2 is 0.758 bits per heavy atom. The number of allylic oxidation sites excluding steroid dienone is 14. The molecule has 0 aromatic rings. The van der Waals surface area contributed by atoms with E-state index in [9.17, 15) is 61.0 Å². The fourth-order valence-electron chi connectivity index (χ4n) is 11.5. The first-order valence-electron chi connectivity index (χ1n) is 35.3. The van der Waals surface area contributed by atoms with Gasteiger partial charge in [0.25, 0.3) is 0 Å². The molecule has 12 N–H and O–H groups in total. The summed E-state index contributed by atoms with van der Waals surface area (Å²) in [5.74, 6) is -0.248. The second-order valence-electron chi connectivity index (χ2n) is 25.0. The number of rotatable bonds is 53. The Balaban J connectivity index is 1.26. The van der Waals surface area contributed by atoms with Gasteiger partial charge < -0.3 is 89.9 Å². The summed E-state index contributed by atoms with van der Waals surface area (Å²) in [4.78, 5) is 13.3. The third-order valence-electron chi connectivity index (χ3n) is 17.2. The second kappa shape index (κ2) is 53.2. The molecule has 17 unspecified atom stereocenters. The maximum atomic E-state index is 13.3. The summed E-state index contributed by atoms with van der Waals surface area (Å²) in [7, 11) is 0. The van der Waals surface area contributed by atoms with Crippen LogP contribution in [0.5, 0.6) is 0 Å². The SMILES string of the molecule is CC/C=C\C/C=C\C/C=C\C/C=C\C/C=C\C/C=C\C/C=C\CCCCCCCCCCCCCCCCCCCC(=O)NC(COC1OC(CO)C(OC2OC(CO)C(OC3OC(CO)C(O)C(O)C3O)C(O)C2O)C(O)C1O)C(O)CCCCCCCCC. The molecule has 3 fully saturated rings. The lowest BCUT2D eigenvalue weighted by atomic mass is 9.96. The van der Waals surface area contributed by atoms with Crippen LogP contribution in [-0.4, -0.2) is 193 Å². The minimum absolute atomic E-state index is 0.248. The number of aliphatic hydroxyl groups excluding tert-OH is 11. The summed E-state index contributed by atoms with van der Waals surface area (Å²) >= 11 is 0. The van der Waals surface area contributed by atoms with Gasteiger partial charge in [0, 0.05) is 6.42 Å². The molecule has 3 heterocycles. The molecular formula is C72H125NO18. The summed E-state index contributed by atoms with van der Waals surface area (Å²) in [5.41, 5.74) is 0. The fraction of sp³-hybridized carbons (Fsp3) is 0.792. The summed E-state index contributed by atoms with van der Waals surface area (Å²) in [6, 6.07) is -0.886. The largest absolute Gasteiger partial charge is 0.394 e. The van der Waals surface area contributed by atoms with Gasteiger partial charge >= 0.3 is 0 Å². The minimum Gasteiger partial charge on any atom is -0.394 e. The third kappa shape index (κ3) is 35.0. The molecule has 0 aliphatic carbocycles. The molecule has 3 aliphatic heterocycles. The molecule has 3 rings (SSSR count). The van der Waals surface area contributed by atoms with Crippen LogP contribution in [0.25, 0.3) is 0 Å². The Hall–Kier alpha value is -3.03. The number of ether oxygens (including phenoxy) is 6. The quantitative estimate of drug-likeness (QED) is 0.0199. The van der Waals surface area contributed by atoms with Gasteiger partial charge in [0.15, 0.2) is 18.9 Å². The van der Waals surface area contributed by atoms with Crippen molar-refractivity contribution in [3.05, 3.63) is 85.1 Å². The molecule has 3 aliphatic rings. The van der Waals surface area contributed by atoms with Crippen molar-refractivity contribution < 1.29 is 89.4 Å². The van der Waals surface area contributed by atoms with Crippen molar-refractivity contribution in [2.24, 2.45) is 0 Å². The Kier molecular flexibility index (Phi) is 48.0. The van der Waals surface area contributed by atoms with E-state index in [2.05, 4.69) is 104 Å². The normalized spacial score (nSPS) is 28.4. The van der Waals surface area contributed by atoms with Crippen molar-refractivity contribution in [1.29, 1.82) is 0 Å². The summed E-state index contributed by atoms with van der Waals surface area (Å²) in [6.07, 6.45) is 41.7. The van der Waals surface area contributed by atoms with E-state index in [1.54, 1.807) is 0 Å². The first-order valence-corrected chi connectivity index (χ1v) is 35.3. The predicted octanol–water partition coefficient (Wildman–Crippen LogP) is 9.49. The van der Waals surface area contributed by atoms with Crippen molar-refractivity contribution in [3.63, 3.8) is 0 Å². The Bertz CT molecular complexity index is 1980. The maximum Gasteiger partial charge on any atom is 0.220 e. The molecule has 0 aromatic heterocycles. The van der Waals surface area contributed by atoms with Gasteiger partial charge in [-0.2, -0.15) is 0 Å². The van der Waals surface area contributed by atoms with Gasteiger partial charge in [0.1, 0.15) is 73.2 Å². The Morgan fingerprint density at radius 3 is 1.19 bits per heavy atom. The maximum absolute atomic E-state index is 13.3. The number of carbonyl (C=O) groups excluding carboxylic acids is 1. The fourth-order valence-corrected chi connectivity index (χ4v) is 11.5. The third-order valence-corrected chi connectivity index (χ3v) is 17.2. The van der Waals surface area contributed by atoms with Gasteiger partial charge in [-0.05, 0) is 70.6 Å². The zero-order valence-corrected chi connectivity index (χ0v) is 55.5. The molecule has 17 atom stereocenters. The molecule has 526 valence electrons. The molecule has 0 saturated carbocycles. The molecule has 1 amide bonds. The number of carbonyl (C=O) groups is 1. The van der Waals surface area contributed by atoms with E-state index in [0.29, 0.717) is 12.8 Å². The molecule has 91 heavy (non-hydrogen) atoms. The van der Waals surface area contributed by atoms with Gasteiger partial charge in [0.2, 0.25) is 5.91 Å². The van der Waals surface area contributed by atoms with Crippen molar-refractivity contribution in [1.82, 2.24) is 5.32 Å². The van der Waals surface area contributed by atoms with E-state index in [1.165, 1.54) is 96.3 Å². The molecule has 19 nitrogen and oxygen atoms in total. The minimum atomic E-state index is -1.97. The van der Waals surface area contributed by atoms with Crippen LogP contribution >= 0.6 is 0 Å². The van der Waals surface area contributed by atoms with E-state index in [4.69, 9.17) is 28.4 Å². The summed E-state index contributed by atoms with van der Waals surface area (Å²) in [6.45, 7) is 1.61. The number of hydrogen-bond donors (Lipinski definition) is 12. The lowest BCUT2D eigenvalue weighted by Gasteiger charge is -2.48. The second-order valence-corrected chi connectivity index (χ2v) is 25.0. The molecule has 0 spiro atoms. The monoisotopic (exact) mass is 1290 g/mol. The molecule has 3 saturated heterocycles. The van der Waals surface area contributed by atoms with Crippen molar-refractivity contribution in [2.45, 2.75) is 336 Å². The highest BCUT2D eigenvalue weighted by Gasteiger charge is 2.53. The van der Waals surface area contributed by atoms with E-state index < -0.39 is 124 Å². The highest BCUT2D eigenvalue weighted by molar-refractivity contribution is 5.76. The van der Waals surface area contributed by atoms with Gasteiger partial charge in [0.05, 0.1) is 38.6 Å². The molecule has 0 radical (unpaired) electrons. The number of hydrogen-bond acceptors (Lipinski definition) is 18. The van der Waals surface area contributed by atoms with Crippen LogP contribution < -0.4 is 5.32 Å². The van der Waals surface area contributed by atoms with Crippen LogP contribution in [0, 0.1) is 0 Å². The first kappa shape index (κ1) is 82.2. The van der Waals surface area contributed by atoms with E-state index in [0.717, 1.165) is 103 Å². The predicted molar refractivity (Wildman–Crippen MR) is 355 cm³/mol. The smallest absolute Gasteiger partial charge is 0.220 e. The van der Waals surface area contributed by atoms with Crippen molar-refractivity contribution >= 4 is 5.91 Å². The summed E-state index contributed by atoms with van der Waals surface area (Å²) < 4.78 is 34.3. The molecule has 19 heteroatoms. The van der Waals surface area contributed by atoms with Gasteiger partial charge in [-0.15, -0.1) is 0 Å². The number of amides is 1. The zero-order valence-electron chi connectivity index (χ0n) is 55.5. The van der Waals surface area contributed by atoms with Crippen molar-refractivity contribution in [2.75, 3.05) is 26.4 Å². The van der Waals surface area contributed by atoms with Crippen molar-refractivity contribution in [3.8, 4) is 0 Å². The first-order chi connectivity index (χ1) is 44.3.